The lowest BCUT2D eigenvalue weighted by Gasteiger charge is -2.07. The van der Waals surface area contributed by atoms with Crippen molar-refractivity contribution in [2.24, 2.45) is 0 Å². The SMILES string of the molecule is O=C(COc1ccc(C(=O)NCCO)cc1)NC1CC1. The maximum Gasteiger partial charge on any atom is 0.258 e. The molecule has 0 unspecified atom stereocenters. The van der Waals surface area contributed by atoms with Crippen molar-refractivity contribution >= 4 is 11.8 Å². The number of aliphatic hydroxyl groups is 1. The van der Waals surface area contributed by atoms with Gasteiger partial charge in [0.05, 0.1) is 6.61 Å². The second kappa shape index (κ2) is 6.91. The van der Waals surface area contributed by atoms with Gasteiger partial charge in [0.25, 0.3) is 11.8 Å². The Kier molecular flexibility index (Phi) is 4.95. The molecule has 0 atom stereocenters. The van der Waals surface area contributed by atoms with Gasteiger partial charge in [-0.25, -0.2) is 0 Å². The van der Waals surface area contributed by atoms with Crippen molar-refractivity contribution in [3.8, 4) is 5.75 Å². The zero-order valence-corrected chi connectivity index (χ0v) is 11.1. The molecule has 2 rings (SSSR count). The summed E-state index contributed by atoms with van der Waals surface area (Å²) < 4.78 is 5.33. The maximum atomic E-state index is 11.6. The van der Waals surface area contributed by atoms with Crippen LogP contribution in [0.1, 0.15) is 23.2 Å². The minimum atomic E-state index is -0.253. The van der Waals surface area contributed by atoms with Crippen molar-refractivity contribution in [1.82, 2.24) is 10.6 Å². The molecule has 6 heteroatoms. The van der Waals surface area contributed by atoms with Crippen molar-refractivity contribution < 1.29 is 19.4 Å². The average Bonchev–Trinajstić information content (AvgIpc) is 3.27. The summed E-state index contributed by atoms with van der Waals surface area (Å²) in [5.74, 6) is 0.156. The number of carbonyl (C=O) groups is 2. The van der Waals surface area contributed by atoms with E-state index in [1.54, 1.807) is 24.3 Å². The molecule has 1 aromatic carbocycles. The number of nitrogens with one attached hydrogen (secondary N) is 2. The lowest BCUT2D eigenvalue weighted by molar-refractivity contribution is -0.123. The quantitative estimate of drug-likeness (QED) is 0.658. The number of amides is 2. The summed E-state index contributed by atoms with van der Waals surface area (Å²) in [5.41, 5.74) is 0.480. The molecule has 1 aliphatic carbocycles. The molecule has 0 radical (unpaired) electrons. The number of carbonyl (C=O) groups excluding carboxylic acids is 2. The number of rotatable bonds is 7. The van der Waals surface area contributed by atoms with Crippen LogP contribution in [-0.2, 0) is 4.79 Å². The van der Waals surface area contributed by atoms with Crippen molar-refractivity contribution in [2.75, 3.05) is 19.8 Å². The fraction of sp³-hybridized carbons (Fsp3) is 0.429. The minimum Gasteiger partial charge on any atom is -0.484 e. The van der Waals surface area contributed by atoms with Crippen molar-refractivity contribution in [1.29, 1.82) is 0 Å². The Morgan fingerprint density at radius 1 is 1.25 bits per heavy atom. The highest BCUT2D eigenvalue weighted by Gasteiger charge is 2.23. The Morgan fingerprint density at radius 3 is 2.55 bits per heavy atom. The van der Waals surface area contributed by atoms with Gasteiger partial charge in [0.15, 0.2) is 6.61 Å². The molecule has 3 N–H and O–H groups in total. The van der Waals surface area contributed by atoms with Crippen LogP contribution < -0.4 is 15.4 Å². The fourth-order valence-corrected chi connectivity index (χ4v) is 1.62. The fourth-order valence-electron chi connectivity index (χ4n) is 1.62. The van der Waals surface area contributed by atoms with Gasteiger partial charge in [-0.1, -0.05) is 0 Å². The number of hydrogen-bond donors (Lipinski definition) is 3. The predicted octanol–water partition coefficient (Wildman–Crippen LogP) is 0.0661. The van der Waals surface area contributed by atoms with Crippen LogP contribution in [0.15, 0.2) is 24.3 Å². The minimum absolute atomic E-state index is 0.0213. The first-order valence-electron chi connectivity index (χ1n) is 6.60. The number of benzene rings is 1. The standard InChI is InChI=1S/C14H18N2O4/c17-8-7-15-14(19)10-1-5-12(6-2-10)20-9-13(18)16-11-3-4-11/h1-2,5-6,11,17H,3-4,7-9H2,(H,15,19)(H,16,18). The summed E-state index contributed by atoms with van der Waals surface area (Å²) >= 11 is 0. The zero-order valence-electron chi connectivity index (χ0n) is 11.1. The summed E-state index contributed by atoms with van der Waals surface area (Å²) in [4.78, 5) is 23.0. The van der Waals surface area contributed by atoms with E-state index in [0.29, 0.717) is 17.4 Å². The Balaban J connectivity index is 1.78. The molecule has 0 spiro atoms. The van der Waals surface area contributed by atoms with Crippen LogP contribution >= 0.6 is 0 Å². The Hall–Kier alpha value is -2.08. The molecule has 20 heavy (non-hydrogen) atoms. The van der Waals surface area contributed by atoms with Crippen LogP contribution in [0.2, 0.25) is 0 Å². The van der Waals surface area contributed by atoms with E-state index in [4.69, 9.17) is 9.84 Å². The Bertz CT molecular complexity index is 469. The number of ether oxygens (including phenoxy) is 1. The van der Waals surface area contributed by atoms with Gasteiger partial charge >= 0.3 is 0 Å². The Morgan fingerprint density at radius 2 is 1.95 bits per heavy atom. The van der Waals surface area contributed by atoms with Crippen LogP contribution in [0, 0.1) is 0 Å². The summed E-state index contributed by atoms with van der Waals surface area (Å²) in [6.45, 7) is 0.105. The highest BCUT2D eigenvalue weighted by molar-refractivity contribution is 5.94. The van der Waals surface area contributed by atoms with Gasteiger partial charge in [0, 0.05) is 18.2 Å². The Labute approximate surface area is 117 Å². The second-order valence-electron chi connectivity index (χ2n) is 4.63. The van der Waals surface area contributed by atoms with Crippen molar-refractivity contribution in [2.45, 2.75) is 18.9 Å². The van der Waals surface area contributed by atoms with E-state index in [2.05, 4.69) is 10.6 Å². The van der Waals surface area contributed by atoms with Crippen molar-refractivity contribution in [3.05, 3.63) is 29.8 Å². The molecule has 1 fully saturated rings. The molecule has 1 aromatic rings. The number of hydrogen-bond acceptors (Lipinski definition) is 4. The predicted molar refractivity (Wildman–Crippen MR) is 72.5 cm³/mol. The monoisotopic (exact) mass is 278 g/mol. The van der Waals surface area contributed by atoms with E-state index < -0.39 is 0 Å². The first-order chi connectivity index (χ1) is 9.69. The van der Waals surface area contributed by atoms with Crippen LogP contribution in [0.4, 0.5) is 0 Å². The van der Waals surface area contributed by atoms with Gasteiger partial charge in [0.1, 0.15) is 5.75 Å². The van der Waals surface area contributed by atoms with E-state index >= 15 is 0 Å². The molecule has 1 saturated carbocycles. The van der Waals surface area contributed by atoms with Crippen molar-refractivity contribution in [3.63, 3.8) is 0 Å². The highest BCUT2D eigenvalue weighted by atomic mass is 16.5. The highest BCUT2D eigenvalue weighted by Crippen LogP contribution is 2.18. The van der Waals surface area contributed by atoms with Gasteiger partial charge in [-0.2, -0.15) is 0 Å². The van der Waals surface area contributed by atoms with Crippen LogP contribution in [0.3, 0.4) is 0 Å². The molecule has 0 bridgehead atoms. The first kappa shape index (κ1) is 14.3. The lowest BCUT2D eigenvalue weighted by Crippen LogP contribution is -2.30. The topological polar surface area (TPSA) is 87.7 Å². The zero-order chi connectivity index (χ0) is 14.4. The molecule has 6 nitrogen and oxygen atoms in total. The smallest absolute Gasteiger partial charge is 0.258 e. The molecule has 108 valence electrons. The molecular weight excluding hydrogens is 260 g/mol. The lowest BCUT2D eigenvalue weighted by atomic mass is 10.2. The van der Waals surface area contributed by atoms with E-state index in [0.717, 1.165) is 12.8 Å². The molecule has 1 aliphatic rings. The van der Waals surface area contributed by atoms with Crippen LogP contribution in [0.25, 0.3) is 0 Å². The van der Waals surface area contributed by atoms with Gasteiger partial charge in [-0.3, -0.25) is 9.59 Å². The van der Waals surface area contributed by atoms with E-state index in [-0.39, 0.29) is 31.6 Å². The first-order valence-corrected chi connectivity index (χ1v) is 6.60. The third-order valence-electron chi connectivity index (χ3n) is 2.83. The van der Waals surface area contributed by atoms with Crippen LogP contribution in [0.5, 0.6) is 5.75 Å². The number of aliphatic hydroxyl groups excluding tert-OH is 1. The third kappa shape index (κ3) is 4.55. The molecule has 0 aromatic heterocycles. The molecule has 0 saturated heterocycles. The third-order valence-corrected chi connectivity index (χ3v) is 2.83. The van der Waals surface area contributed by atoms with E-state index in [9.17, 15) is 9.59 Å². The van der Waals surface area contributed by atoms with Gasteiger partial charge in [-0.05, 0) is 37.1 Å². The molecule has 0 aliphatic heterocycles. The summed E-state index contributed by atoms with van der Waals surface area (Å²) in [6, 6.07) is 6.82. The summed E-state index contributed by atoms with van der Waals surface area (Å²) in [6.07, 6.45) is 2.09. The summed E-state index contributed by atoms with van der Waals surface area (Å²) in [5, 5.41) is 14.0. The molecule has 0 heterocycles. The largest absolute Gasteiger partial charge is 0.484 e. The van der Waals surface area contributed by atoms with Gasteiger partial charge in [-0.15, -0.1) is 0 Å². The molecule has 2 amide bonds. The molecular formula is C14H18N2O4. The maximum absolute atomic E-state index is 11.6. The van der Waals surface area contributed by atoms with Gasteiger partial charge in [0.2, 0.25) is 0 Å². The van der Waals surface area contributed by atoms with Crippen LogP contribution in [-0.4, -0.2) is 42.7 Å². The normalized spacial score (nSPS) is 13.7. The van der Waals surface area contributed by atoms with Gasteiger partial charge < -0.3 is 20.5 Å². The van der Waals surface area contributed by atoms with E-state index in [1.165, 1.54) is 0 Å². The van der Waals surface area contributed by atoms with E-state index in [1.807, 2.05) is 0 Å². The average molecular weight is 278 g/mol. The summed E-state index contributed by atoms with van der Waals surface area (Å²) in [7, 11) is 0. The second-order valence-corrected chi connectivity index (χ2v) is 4.63.